The van der Waals surface area contributed by atoms with Crippen molar-refractivity contribution < 1.29 is 15.0 Å². The number of hydrogen-bond donors (Lipinski definition) is 2. The highest BCUT2D eigenvalue weighted by Crippen LogP contribution is 2.28. The maximum Gasteiger partial charge on any atom is 0.307 e. The van der Waals surface area contributed by atoms with Gasteiger partial charge in [0, 0.05) is 10.6 Å². The molecule has 0 aliphatic carbocycles. The Morgan fingerprint density at radius 2 is 2.14 bits per heavy atom. The second-order valence-electron chi connectivity index (χ2n) is 3.02. The van der Waals surface area contributed by atoms with Crippen LogP contribution in [-0.4, -0.2) is 21.9 Å². The van der Waals surface area contributed by atoms with Crippen molar-refractivity contribution >= 4 is 17.7 Å². The molecule has 1 atom stereocenters. The minimum Gasteiger partial charge on any atom is -0.507 e. The second kappa shape index (κ2) is 4.91. The fourth-order valence-electron chi connectivity index (χ4n) is 0.865. The summed E-state index contributed by atoms with van der Waals surface area (Å²) in [5.74, 6) is -0.546. The van der Waals surface area contributed by atoms with Crippen LogP contribution >= 0.6 is 11.8 Å². The molecule has 1 aromatic rings. The number of phenols is 1. The van der Waals surface area contributed by atoms with Crippen LogP contribution in [0.3, 0.4) is 0 Å². The first kappa shape index (κ1) is 10.9. The Morgan fingerprint density at radius 1 is 1.50 bits per heavy atom. The van der Waals surface area contributed by atoms with Gasteiger partial charge in [-0.15, -0.1) is 11.8 Å². The van der Waals surface area contributed by atoms with Crippen LogP contribution in [-0.2, 0) is 4.79 Å². The molecule has 0 amide bonds. The van der Waals surface area contributed by atoms with E-state index in [9.17, 15) is 9.90 Å². The molecule has 76 valence electrons. The molecule has 1 unspecified atom stereocenters. The zero-order valence-corrected chi connectivity index (χ0v) is 8.62. The van der Waals surface area contributed by atoms with E-state index in [-0.39, 0.29) is 5.75 Å². The Balaban J connectivity index is 2.54. The van der Waals surface area contributed by atoms with E-state index < -0.39 is 11.9 Å². The number of phenolic OH excluding ortho intramolecular Hbond substituents is 1. The van der Waals surface area contributed by atoms with Crippen LogP contribution in [0.4, 0.5) is 0 Å². The van der Waals surface area contributed by atoms with Crippen LogP contribution in [0.5, 0.6) is 5.75 Å². The fraction of sp³-hybridized carbons (Fsp3) is 0.300. The number of carboxylic acid groups (broad SMARTS) is 1. The summed E-state index contributed by atoms with van der Waals surface area (Å²) in [5, 5.41) is 18.0. The highest BCUT2D eigenvalue weighted by Gasteiger charge is 2.11. The smallest absolute Gasteiger partial charge is 0.307 e. The van der Waals surface area contributed by atoms with E-state index in [1.807, 2.05) is 6.07 Å². The summed E-state index contributed by atoms with van der Waals surface area (Å²) in [6, 6.07) is 6.91. The minimum atomic E-state index is -0.812. The lowest BCUT2D eigenvalue weighted by Crippen LogP contribution is -2.11. The Labute approximate surface area is 86.8 Å². The molecule has 0 spiro atoms. The van der Waals surface area contributed by atoms with E-state index in [1.54, 1.807) is 25.1 Å². The molecule has 1 aromatic carbocycles. The number of carbonyl (C=O) groups is 1. The normalized spacial score (nSPS) is 12.4. The standard InChI is InChI=1S/C10H12O3S/c1-7(10(12)13)6-14-9-5-3-2-4-8(9)11/h2-5,7,11H,6H2,1H3,(H,12,13). The molecule has 0 aliphatic rings. The molecular formula is C10H12O3S. The molecular weight excluding hydrogens is 200 g/mol. The lowest BCUT2D eigenvalue weighted by Gasteiger charge is -2.06. The Kier molecular flexibility index (Phi) is 3.83. The summed E-state index contributed by atoms with van der Waals surface area (Å²) in [4.78, 5) is 11.3. The summed E-state index contributed by atoms with van der Waals surface area (Å²) in [5.41, 5.74) is 0. The Morgan fingerprint density at radius 3 is 2.71 bits per heavy atom. The number of aliphatic carboxylic acids is 1. The molecule has 0 fully saturated rings. The lowest BCUT2D eigenvalue weighted by atomic mass is 10.2. The summed E-state index contributed by atoms with van der Waals surface area (Å²) in [7, 11) is 0. The maximum atomic E-state index is 10.5. The molecule has 0 bridgehead atoms. The van der Waals surface area contributed by atoms with Crippen molar-refractivity contribution in [2.45, 2.75) is 11.8 Å². The molecule has 14 heavy (non-hydrogen) atoms. The summed E-state index contributed by atoms with van der Waals surface area (Å²) in [6.45, 7) is 1.65. The quantitative estimate of drug-likeness (QED) is 0.751. The van der Waals surface area contributed by atoms with Gasteiger partial charge < -0.3 is 10.2 Å². The van der Waals surface area contributed by atoms with E-state index in [0.717, 1.165) is 4.90 Å². The molecule has 0 heterocycles. The number of carboxylic acids is 1. The second-order valence-corrected chi connectivity index (χ2v) is 4.08. The third-order valence-electron chi connectivity index (χ3n) is 1.78. The average Bonchev–Trinajstić information content (AvgIpc) is 2.16. The molecule has 0 saturated carbocycles. The van der Waals surface area contributed by atoms with Crippen LogP contribution in [0, 0.1) is 5.92 Å². The van der Waals surface area contributed by atoms with Crippen molar-refractivity contribution in [2.24, 2.45) is 5.92 Å². The van der Waals surface area contributed by atoms with Crippen LogP contribution < -0.4 is 0 Å². The molecule has 0 saturated heterocycles. The summed E-state index contributed by atoms with van der Waals surface area (Å²) < 4.78 is 0. The SMILES string of the molecule is CC(CSc1ccccc1O)C(=O)O. The zero-order valence-electron chi connectivity index (χ0n) is 7.80. The van der Waals surface area contributed by atoms with Crippen LogP contribution in [0.25, 0.3) is 0 Å². The van der Waals surface area contributed by atoms with Crippen molar-refractivity contribution in [1.82, 2.24) is 0 Å². The van der Waals surface area contributed by atoms with Gasteiger partial charge in [-0.2, -0.15) is 0 Å². The van der Waals surface area contributed by atoms with Gasteiger partial charge in [-0.25, -0.2) is 0 Å². The molecule has 2 N–H and O–H groups in total. The Bertz CT molecular complexity index is 325. The monoisotopic (exact) mass is 212 g/mol. The first-order chi connectivity index (χ1) is 6.61. The van der Waals surface area contributed by atoms with Gasteiger partial charge in [0.25, 0.3) is 0 Å². The van der Waals surface area contributed by atoms with E-state index in [4.69, 9.17) is 5.11 Å². The van der Waals surface area contributed by atoms with Gasteiger partial charge in [0.1, 0.15) is 5.75 Å². The van der Waals surface area contributed by atoms with Gasteiger partial charge in [0.2, 0.25) is 0 Å². The third-order valence-corrected chi connectivity index (χ3v) is 3.10. The number of benzene rings is 1. The van der Waals surface area contributed by atoms with Gasteiger partial charge in [0.15, 0.2) is 0 Å². The number of hydrogen-bond acceptors (Lipinski definition) is 3. The van der Waals surface area contributed by atoms with E-state index in [2.05, 4.69) is 0 Å². The van der Waals surface area contributed by atoms with Gasteiger partial charge in [-0.1, -0.05) is 19.1 Å². The number of aromatic hydroxyl groups is 1. The van der Waals surface area contributed by atoms with E-state index >= 15 is 0 Å². The van der Waals surface area contributed by atoms with Crippen molar-refractivity contribution in [3.8, 4) is 5.75 Å². The predicted octanol–water partition coefficient (Wildman–Crippen LogP) is 2.20. The zero-order chi connectivity index (χ0) is 10.6. The number of rotatable bonds is 4. The van der Waals surface area contributed by atoms with Gasteiger partial charge in [-0.05, 0) is 12.1 Å². The molecule has 4 heteroatoms. The summed E-state index contributed by atoms with van der Waals surface area (Å²) >= 11 is 1.35. The number of para-hydroxylation sites is 1. The number of thioether (sulfide) groups is 1. The van der Waals surface area contributed by atoms with Crippen LogP contribution in [0.1, 0.15) is 6.92 Å². The highest BCUT2D eigenvalue weighted by molar-refractivity contribution is 7.99. The Hall–Kier alpha value is -1.16. The molecule has 3 nitrogen and oxygen atoms in total. The molecule has 0 aromatic heterocycles. The highest BCUT2D eigenvalue weighted by atomic mass is 32.2. The van der Waals surface area contributed by atoms with E-state index in [1.165, 1.54) is 11.8 Å². The van der Waals surface area contributed by atoms with Gasteiger partial charge >= 0.3 is 5.97 Å². The summed E-state index contributed by atoms with van der Waals surface area (Å²) in [6.07, 6.45) is 0. The molecule has 0 aliphatic heterocycles. The van der Waals surface area contributed by atoms with Crippen molar-refractivity contribution in [3.63, 3.8) is 0 Å². The third kappa shape index (κ3) is 2.96. The lowest BCUT2D eigenvalue weighted by molar-refractivity contribution is -0.140. The van der Waals surface area contributed by atoms with Crippen molar-refractivity contribution in [3.05, 3.63) is 24.3 Å². The molecule has 1 rings (SSSR count). The minimum absolute atomic E-state index is 0.204. The maximum absolute atomic E-state index is 10.5. The largest absolute Gasteiger partial charge is 0.507 e. The van der Waals surface area contributed by atoms with Crippen LogP contribution in [0.2, 0.25) is 0 Å². The molecule has 0 radical (unpaired) electrons. The average molecular weight is 212 g/mol. The van der Waals surface area contributed by atoms with E-state index in [0.29, 0.717) is 5.75 Å². The topological polar surface area (TPSA) is 57.5 Å². The first-order valence-corrected chi connectivity index (χ1v) is 5.23. The van der Waals surface area contributed by atoms with Gasteiger partial charge in [0.05, 0.1) is 5.92 Å². The fourth-order valence-corrected chi connectivity index (χ4v) is 1.83. The van der Waals surface area contributed by atoms with Crippen molar-refractivity contribution in [2.75, 3.05) is 5.75 Å². The van der Waals surface area contributed by atoms with Crippen molar-refractivity contribution in [1.29, 1.82) is 0 Å². The van der Waals surface area contributed by atoms with Gasteiger partial charge in [-0.3, -0.25) is 4.79 Å². The predicted molar refractivity (Wildman–Crippen MR) is 55.6 cm³/mol. The van der Waals surface area contributed by atoms with Crippen LogP contribution in [0.15, 0.2) is 29.2 Å². The first-order valence-electron chi connectivity index (χ1n) is 4.25.